The summed E-state index contributed by atoms with van der Waals surface area (Å²) in [5.41, 5.74) is 14.3. The second kappa shape index (κ2) is 23.4. The van der Waals surface area contributed by atoms with Gasteiger partial charge in [-0.3, -0.25) is 10.1 Å². The molecule has 0 saturated heterocycles. The normalized spacial score (nSPS) is 11.3. The number of aromatic carboxylic acids is 1. The SMILES string of the molecule is Cc1ccc(-n2nc(-c3cc(Cl)cc(Cl)c3)cc2Nc2ccc(C(=O)Nc3nn[nH]n3)cc2)cc1.Cc1ccc(-n2nc(-c3cc(Cl)cc(Cl)c3)cc2Nc2ccc(C(=O)O)cc2)cc1.NC1=NN=NC1.O. The molecule has 19 nitrogen and oxygen atoms in total. The lowest BCUT2D eigenvalue weighted by Gasteiger charge is -2.10. The molecule has 0 atom stereocenters. The summed E-state index contributed by atoms with van der Waals surface area (Å²) in [6, 6.07) is 43.9. The zero-order chi connectivity index (χ0) is 50.0. The number of H-pyrrole nitrogens is 1. The van der Waals surface area contributed by atoms with Crippen LogP contribution in [-0.4, -0.2) is 75.0 Å². The van der Waals surface area contributed by atoms with Crippen molar-refractivity contribution in [3.05, 3.63) is 188 Å². The van der Waals surface area contributed by atoms with E-state index >= 15 is 0 Å². The van der Waals surface area contributed by atoms with Crippen molar-refractivity contribution < 1.29 is 20.2 Å². The molecule has 364 valence electrons. The number of nitrogens with one attached hydrogen (secondary N) is 4. The standard InChI is InChI=1S/C24H18Cl2N8O.C23H17Cl2N3O2.C2H4N4.H2O/c1-14-2-8-20(9-3-14)34-22(13-21(31-34)16-10-17(25)12-18(26)11-16)27-19-6-4-15(5-7-19)23(35)28-24-29-32-33-30-24;1-14-2-8-20(9-3-14)28-22(26-19-6-4-15(5-7-19)23(29)30)13-21(27-28)16-10-17(24)12-18(25)11-16;3-2-1-4-6-5-2;/h2-13,27H,1H3,(H2,28,29,30,32,33,35);2-13,26H,1H3,(H,29,30);1H2,(H2,3,4,5);1H2. The fraction of sp³-hybridized carbons (Fsp3) is 0.0612. The Morgan fingerprint density at radius 1 is 0.625 bits per heavy atom. The monoisotopic (exact) mass is 1040 g/mol. The molecule has 0 fully saturated rings. The Hall–Kier alpha value is -8.46. The molecule has 6 aromatic carbocycles. The van der Waals surface area contributed by atoms with E-state index in [1.807, 2.05) is 86.6 Å². The van der Waals surface area contributed by atoms with Gasteiger partial charge in [-0.2, -0.15) is 20.5 Å². The molecule has 1 amide bonds. The average molecular weight is 1050 g/mol. The molecule has 0 radical (unpaired) electrons. The van der Waals surface area contributed by atoms with Gasteiger partial charge in [-0.05, 0) is 133 Å². The number of carbonyl (C=O) groups is 2. The molecular weight excluding hydrogens is 1000 g/mol. The number of carboxylic acid groups (broad SMARTS) is 1. The number of amides is 1. The lowest BCUT2D eigenvalue weighted by Crippen LogP contribution is -2.13. The molecule has 0 saturated carbocycles. The van der Waals surface area contributed by atoms with Crippen molar-refractivity contribution in [2.24, 2.45) is 21.2 Å². The Bertz CT molecular complexity index is 3340. The minimum absolute atomic E-state index is 0. The van der Waals surface area contributed by atoms with Gasteiger partial charge in [0.1, 0.15) is 24.0 Å². The Kier molecular flexibility index (Phi) is 16.7. The van der Waals surface area contributed by atoms with E-state index in [9.17, 15) is 9.59 Å². The summed E-state index contributed by atoms with van der Waals surface area (Å²) < 4.78 is 3.59. The van der Waals surface area contributed by atoms with Crippen molar-refractivity contribution in [3.8, 4) is 33.9 Å². The number of halogens is 4. The van der Waals surface area contributed by atoms with Crippen LogP contribution in [0.1, 0.15) is 31.8 Å². The number of hydrogen-bond donors (Lipinski definition) is 6. The van der Waals surface area contributed by atoms with Gasteiger partial charge in [0.25, 0.3) is 11.9 Å². The van der Waals surface area contributed by atoms with Crippen LogP contribution in [0.3, 0.4) is 0 Å². The Labute approximate surface area is 430 Å². The number of hydrogen-bond acceptors (Lipinski definition) is 13. The van der Waals surface area contributed by atoms with E-state index in [2.05, 4.69) is 52.0 Å². The van der Waals surface area contributed by atoms with Gasteiger partial charge in [0, 0.05) is 60.3 Å². The summed E-state index contributed by atoms with van der Waals surface area (Å²) in [6.07, 6.45) is 0. The average Bonchev–Trinajstić information content (AvgIpc) is 4.20. The van der Waals surface area contributed by atoms with Crippen molar-refractivity contribution >= 4 is 93.1 Å². The van der Waals surface area contributed by atoms with E-state index in [-0.39, 0.29) is 22.9 Å². The van der Waals surface area contributed by atoms with Crippen LogP contribution in [-0.2, 0) is 0 Å². The largest absolute Gasteiger partial charge is 0.478 e. The number of carboxylic acids is 1. The molecule has 23 heteroatoms. The van der Waals surface area contributed by atoms with Gasteiger partial charge in [0.15, 0.2) is 0 Å². The van der Waals surface area contributed by atoms with E-state index in [4.69, 9.17) is 67.4 Å². The number of nitrogens with zero attached hydrogens (tertiary/aromatic N) is 10. The first-order valence-electron chi connectivity index (χ1n) is 21.2. The Morgan fingerprint density at radius 3 is 1.43 bits per heavy atom. The smallest absolute Gasteiger partial charge is 0.335 e. The number of aryl methyl sites for hydroxylation is 2. The zero-order valence-corrected chi connectivity index (χ0v) is 40.9. The lowest BCUT2D eigenvalue weighted by atomic mass is 10.1. The molecule has 10 rings (SSSR count). The van der Waals surface area contributed by atoms with Crippen LogP contribution in [0.25, 0.3) is 33.9 Å². The first kappa shape index (κ1) is 51.4. The van der Waals surface area contributed by atoms with Crippen LogP contribution in [0.5, 0.6) is 0 Å². The lowest BCUT2D eigenvalue weighted by molar-refractivity contribution is 0.0696. The van der Waals surface area contributed by atoms with Gasteiger partial charge in [0.05, 0.1) is 28.3 Å². The van der Waals surface area contributed by atoms with E-state index in [0.717, 1.165) is 50.8 Å². The third-order valence-corrected chi connectivity index (χ3v) is 11.0. The molecule has 1 aliphatic rings. The number of aromatic amines is 1. The maximum atomic E-state index is 12.4. The number of carbonyl (C=O) groups excluding carboxylic acids is 1. The van der Waals surface area contributed by atoms with Crippen LogP contribution in [0, 0.1) is 13.8 Å². The molecule has 72 heavy (non-hydrogen) atoms. The van der Waals surface area contributed by atoms with Crippen molar-refractivity contribution in [2.45, 2.75) is 13.8 Å². The van der Waals surface area contributed by atoms with Crippen molar-refractivity contribution in [3.63, 3.8) is 0 Å². The van der Waals surface area contributed by atoms with E-state index in [1.54, 1.807) is 82.2 Å². The number of rotatable bonds is 11. The highest BCUT2D eigenvalue weighted by molar-refractivity contribution is 6.35. The number of amidine groups is 1. The fourth-order valence-corrected chi connectivity index (χ4v) is 7.75. The summed E-state index contributed by atoms with van der Waals surface area (Å²) in [5.74, 6) is 0.731. The molecule has 0 bridgehead atoms. The first-order chi connectivity index (χ1) is 34.2. The number of tetrazole rings is 1. The number of nitrogens with two attached hydrogens (primary N) is 1. The van der Waals surface area contributed by atoms with Crippen LogP contribution >= 0.6 is 46.4 Å². The highest BCUT2D eigenvalue weighted by Crippen LogP contribution is 2.33. The van der Waals surface area contributed by atoms with Crippen molar-refractivity contribution in [1.82, 2.24) is 40.2 Å². The first-order valence-corrected chi connectivity index (χ1v) is 22.7. The maximum Gasteiger partial charge on any atom is 0.335 e. The summed E-state index contributed by atoms with van der Waals surface area (Å²) in [4.78, 5) is 23.5. The highest BCUT2D eigenvalue weighted by Gasteiger charge is 2.16. The molecule has 0 aliphatic carbocycles. The van der Waals surface area contributed by atoms with Crippen LogP contribution in [0.2, 0.25) is 20.1 Å². The minimum atomic E-state index is -0.966. The Morgan fingerprint density at radius 2 is 1.07 bits per heavy atom. The maximum absolute atomic E-state index is 12.4. The Balaban J connectivity index is 0.000000188. The van der Waals surface area contributed by atoms with Crippen molar-refractivity contribution in [1.29, 1.82) is 0 Å². The highest BCUT2D eigenvalue weighted by atomic mass is 35.5. The molecule has 1 aliphatic heterocycles. The molecule has 3 aromatic heterocycles. The van der Waals surface area contributed by atoms with Crippen LogP contribution in [0.15, 0.2) is 161 Å². The quantitative estimate of drug-likeness (QED) is 0.0708. The number of anilines is 5. The van der Waals surface area contributed by atoms with Crippen molar-refractivity contribution in [2.75, 3.05) is 22.5 Å². The number of aromatic nitrogens is 8. The summed E-state index contributed by atoms with van der Waals surface area (Å²) in [5, 5.41) is 53.3. The van der Waals surface area contributed by atoms with E-state index in [1.165, 1.54) is 0 Å². The molecule has 0 unspecified atom stereocenters. The molecular formula is C49H41Cl4N15O4. The predicted octanol–water partition coefficient (Wildman–Crippen LogP) is 11.2. The summed E-state index contributed by atoms with van der Waals surface area (Å²) in [6.45, 7) is 4.53. The molecule has 0 spiro atoms. The van der Waals surface area contributed by atoms with Gasteiger partial charge in [-0.1, -0.05) is 86.9 Å². The molecule has 9 N–H and O–H groups in total. The van der Waals surface area contributed by atoms with E-state index < -0.39 is 5.97 Å². The zero-order valence-electron chi connectivity index (χ0n) is 37.9. The summed E-state index contributed by atoms with van der Waals surface area (Å²) in [7, 11) is 0. The van der Waals surface area contributed by atoms with Gasteiger partial charge in [0.2, 0.25) is 0 Å². The topological polar surface area (TPSA) is 275 Å². The van der Waals surface area contributed by atoms with Gasteiger partial charge >= 0.3 is 5.97 Å². The van der Waals surface area contributed by atoms with Gasteiger partial charge in [-0.15, -0.1) is 10.2 Å². The second-order valence-electron chi connectivity index (χ2n) is 15.5. The van der Waals surface area contributed by atoms with E-state index in [0.29, 0.717) is 55.2 Å². The molecule has 9 aromatic rings. The summed E-state index contributed by atoms with van der Waals surface area (Å²) >= 11 is 24.8. The molecule has 4 heterocycles. The van der Waals surface area contributed by atoms with Crippen LogP contribution in [0.4, 0.5) is 29.0 Å². The third kappa shape index (κ3) is 13.4. The second-order valence-corrected chi connectivity index (χ2v) is 17.3. The predicted molar refractivity (Wildman–Crippen MR) is 281 cm³/mol. The van der Waals surface area contributed by atoms with Gasteiger partial charge in [-0.25, -0.2) is 14.2 Å². The van der Waals surface area contributed by atoms with Crippen LogP contribution < -0.4 is 21.7 Å². The fourth-order valence-electron chi connectivity index (χ4n) is 6.70. The minimum Gasteiger partial charge on any atom is -0.478 e. The number of benzene rings is 6. The third-order valence-electron chi connectivity index (χ3n) is 10.2. The van der Waals surface area contributed by atoms with Gasteiger partial charge < -0.3 is 26.9 Å².